The average molecular weight is 440 g/mol. The molecular formula is C20H14F6N4O. The molecule has 11 heteroatoms. The predicted octanol–water partition coefficient (Wildman–Crippen LogP) is 4.76. The SMILES string of the molecule is CN1CCN(C(=O)c2cc(C(F)(F)F)cc(C(F)(F)F)c2)c2nc3ccccc3nc21. The molecule has 0 bridgehead atoms. The van der Waals surface area contributed by atoms with Crippen LogP contribution in [-0.4, -0.2) is 36.0 Å². The Bertz CT molecular complexity index is 1140. The van der Waals surface area contributed by atoms with Crippen LogP contribution in [0, 0.1) is 0 Å². The average Bonchev–Trinajstić information content (AvgIpc) is 2.71. The lowest BCUT2D eigenvalue weighted by atomic mass is 10.0. The summed E-state index contributed by atoms with van der Waals surface area (Å²) in [4.78, 5) is 24.7. The first-order valence-corrected chi connectivity index (χ1v) is 9.04. The molecule has 0 spiro atoms. The number of halogens is 6. The summed E-state index contributed by atoms with van der Waals surface area (Å²) >= 11 is 0. The van der Waals surface area contributed by atoms with E-state index in [-0.39, 0.29) is 25.0 Å². The van der Waals surface area contributed by atoms with Crippen LogP contribution >= 0.6 is 0 Å². The second-order valence-corrected chi connectivity index (χ2v) is 7.03. The number of aromatic nitrogens is 2. The number of para-hydroxylation sites is 2. The summed E-state index contributed by atoms with van der Waals surface area (Å²) in [6, 6.07) is 7.63. The van der Waals surface area contributed by atoms with Gasteiger partial charge in [0.1, 0.15) is 0 Å². The van der Waals surface area contributed by atoms with Gasteiger partial charge in [-0.25, -0.2) is 9.97 Å². The Morgan fingerprint density at radius 1 is 0.839 bits per heavy atom. The number of amides is 1. The van der Waals surface area contributed by atoms with E-state index in [9.17, 15) is 31.1 Å². The van der Waals surface area contributed by atoms with Crippen molar-refractivity contribution < 1.29 is 31.1 Å². The molecule has 0 saturated carbocycles. The van der Waals surface area contributed by atoms with Crippen molar-refractivity contribution in [2.45, 2.75) is 12.4 Å². The first-order chi connectivity index (χ1) is 14.4. The number of carbonyl (C=O) groups excluding carboxylic acids is 1. The minimum absolute atomic E-state index is 0.0119. The highest BCUT2D eigenvalue weighted by atomic mass is 19.4. The minimum atomic E-state index is -5.05. The molecule has 3 aromatic rings. The summed E-state index contributed by atoms with van der Waals surface area (Å²) in [6.45, 7) is 0.295. The van der Waals surface area contributed by atoms with Crippen LogP contribution < -0.4 is 9.80 Å². The molecule has 1 aliphatic rings. The fourth-order valence-corrected chi connectivity index (χ4v) is 3.31. The minimum Gasteiger partial charge on any atom is -0.355 e. The molecule has 0 saturated heterocycles. The largest absolute Gasteiger partial charge is 0.416 e. The van der Waals surface area contributed by atoms with Gasteiger partial charge in [0.2, 0.25) is 0 Å². The number of benzene rings is 2. The predicted molar refractivity (Wildman–Crippen MR) is 101 cm³/mol. The van der Waals surface area contributed by atoms with Crippen molar-refractivity contribution >= 4 is 28.6 Å². The molecule has 31 heavy (non-hydrogen) atoms. The third-order valence-corrected chi connectivity index (χ3v) is 4.89. The van der Waals surface area contributed by atoms with Crippen molar-refractivity contribution in [1.82, 2.24) is 9.97 Å². The quantitative estimate of drug-likeness (QED) is 0.512. The molecule has 5 nitrogen and oxygen atoms in total. The van der Waals surface area contributed by atoms with Crippen LogP contribution in [0.25, 0.3) is 11.0 Å². The standard InChI is InChI=1S/C20H14F6N4O/c1-29-6-7-30(17-16(29)27-14-4-2-3-5-15(14)28-17)18(31)11-8-12(19(21,22)23)10-13(9-11)20(24,25)26/h2-5,8-10H,6-7H2,1H3. The van der Waals surface area contributed by atoms with E-state index in [1.165, 1.54) is 0 Å². The number of fused-ring (bicyclic) bond motifs is 2. The lowest BCUT2D eigenvalue weighted by molar-refractivity contribution is -0.143. The molecule has 162 valence electrons. The molecule has 0 N–H and O–H groups in total. The van der Waals surface area contributed by atoms with Crippen molar-refractivity contribution in [2.24, 2.45) is 0 Å². The molecule has 0 aliphatic carbocycles. The Morgan fingerprint density at radius 2 is 1.35 bits per heavy atom. The Balaban J connectivity index is 1.84. The summed E-state index contributed by atoms with van der Waals surface area (Å²) in [5, 5.41) is 0. The maximum Gasteiger partial charge on any atom is 0.416 e. The van der Waals surface area contributed by atoms with Crippen LogP contribution in [0.4, 0.5) is 38.0 Å². The van der Waals surface area contributed by atoms with E-state index in [0.29, 0.717) is 29.0 Å². The van der Waals surface area contributed by atoms with Crippen LogP contribution in [0.15, 0.2) is 42.5 Å². The molecule has 0 unspecified atom stereocenters. The molecule has 2 heterocycles. The maximum atomic E-state index is 13.2. The second-order valence-electron chi connectivity index (χ2n) is 7.03. The Labute approximate surface area is 171 Å². The van der Waals surface area contributed by atoms with Gasteiger partial charge in [0.15, 0.2) is 11.6 Å². The molecule has 1 amide bonds. The molecule has 0 atom stereocenters. The van der Waals surface area contributed by atoms with Crippen molar-refractivity contribution in [2.75, 3.05) is 29.9 Å². The highest BCUT2D eigenvalue weighted by molar-refractivity contribution is 6.08. The van der Waals surface area contributed by atoms with Gasteiger partial charge in [0, 0.05) is 25.7 Å². The van der Waals surface area contributed by atoms with Crippen molar-refractivity contribution in [3.8, 4) is 0 Å². The van der Waals surface area contributed by atoms with Gasteiger partial charge in [-0.15, -0.1) is 0 Å². The van der Waals surface area contributed by atoms with Crippen molar-refractivity contribution in [3.05, 3.63) is 59.2 Å². The summed E-state index contributed by atoms with van der Waals surface area (Å²) in [5.41, 5.74) is -2.85. The molecule has 0 radical (unpaired) electrons. The van der Waals surface area contributed by atoms with E-state index in [0.717, 1.165) is 4.90 Å². The Kier molecular flexibility index (Phi) is 4.78. The summed E-state index contributed by atoms with van der Waals surface area (Å²) in [6.07, 6.45) is -10.1. The fraction of sp³-hybridized carbons (Fsp3) is 0.250. The van der Waals surface area contributed by atoms with E-state index < -0.39 is 35.0 Å². The maximum absolute atomic E-state index is 13.2. The van der Waals surface area contributed by atoms with E-state index in [1.54, 1.807) is 36.2 Å². The normalized spacial score (nSPS) is 14.7. The first kappa shape index (κ1) is 20.9. The summed E-state index contributed by atoms with van der Waals surface area (Å²) in [5.74, 6) is -0.639. The fourth-order valence-electron chi connectivity index (χ4n) is 3.31. The van der Waals surface area contributed by atoms with Gasteiger partial charge in [0.05, 0.1) is 22.2 Å². The highest BCUT2D eigenvalue weighted by Crippen LogP contribution is 2.37. The first-order valence-electron chi connectivity index (χ1n) is 9.04. The number of nitrogens with zero attached hydrogens (tertiary/aromatic N) is 4. The number of alkyl halides is 6. The monoisotopic (exact) mass is 440 g/mol. The van der Waals surface area contributed by atoms with Crippen molar-refractivity contribution in [1.29, 1.82) is 0 Å². The summed E-state index contributed by atoms with van der Waals surface area (Å²) in [7, 11) is 1.70. The number of hydrogen-bond acceptors (Lipinski definition) is 4. The van der Waals surface area contributed by atoms with Crippen LogP contribution in [0.2, 0.25) is 0 Å². The molecule has 4 rings (SSSR count). The molecular weight excluding hydrogens is 426 g/mol. The topological polar surface area (TPSA) is 49.3 Å². The van der Waals surface area contributed by atoms with Crippen LogP contribution in [0.5, 0.6) is 0 Å². The van der Waals surface area contributed by atoms with E-state index in [4.69, 9.17) is 0 Å². The summed E-state index contributed by atoms with van der Waals surface area (Å²) < 4.78 is 79.1. The Hall–Kier alpha value is -3.37. The van der Waals surface area contributed by atoms with Gasteiger partial charge in [-0.3, -0.25) is 9.69 Å². The third kappa shape index (κ3) is 3.87. The third-order valence-electron chi connectivity index (χ3n) is 4.89. The molecule has 1 aromatic heterocycles. The van der Waals surface area contributed by atoms with Gasteiger partial charge in [-0.2, -0.15) is 26.3 Å². The lowest BCUT2D eigenvalue weighted by Crippen LogP contribution is -2.44. The highest BCUT2D eigenvalue weighted by Gasteiger charge is 2.38. The van der Waals surface area contributed by atoms with E-state index in [2.05, 4.69) is 9.97 Å². The smallest absolute Gasteiger partial charge is 0.355 e. The number of anilines is 2. The lowest BCUT2D eigenvalue weighted by Gasteiger charge is -2.34. The second kappa shape index (κ2) is 7.10. The zero-order chi connectivity index (χ0) is 22.6. The molecule has 2 aromatic carbocycles. The van der Waals surface area contributed by atoms with E-state index >= 15 is 0 Å². The number of carbonyl (C=O) groups is 1. The zero-order valence-electron chi connectivity index (χ0n) is 15.9. The van der Waals surface area contributed by atoms with Gasteiger partial charge in [0.25, 0.3) is 5.91 Å². The number of rotatable bonds is 1. The molecule has 0 fully saturated rings. The van der Waals surface area contributed by atoms with Gasteiger partial charge < -0.3 is 4.90 Å². The Morgan fingerprint density at radius 3 is 1.87 bits per heavy atom. The number of likely N-dealkylation sites (N-methyl/N-ethyl adjacent to an activating group) is 1. The van der Waals surface area contributed by atoms with Crippen LogP contribution in [0.1, 0.15) is 21.5 Å². The van der Waals surface area contributed by atoms with Crippen LogP contribution in [-0.2, 0) is 12.4 Å². The van der Waals surface area contributed by atoms with Gasteiger partial charge >= 0.3 is 12.4 Å². The number of hydrogen-bond donors (Lipinski definition) is 0. The van der Waals surface area contributed by atoms with Gasteiger partial charge in [-0.05, 0) is 30.3 Å². The molecule has 1 aliphatic heterocycles. The zero-order valence-corrected chi connectivity index (χ0v) is 15.9. The van der Waals surface area contributed by atoms with Crippen molar-refractivity contribution in [3.63, 3.8) is 0 Å². The van der Waals surface area contributed by atoms with E-state index in [1.807, 2.05) is 0 Å². The van der Waals surface area contributed by atoms with Crippen LogP contribution in [0.3, 0.4) is 0 Å². The van der Waals surface area contributed by atoms with Gasteiger partial charge in [-0.1, -0.05) is 12.1 Å².